The van der Waals surface area contributed by atoms with Crippen molar-refractivity contribution in [3.05, 3.63) is 0 Å². The standard InChI is InChI=1S/CH3NO3.ClH.Na/c2-5-1(3)4;;/h2H2,(H,3,4);1H;/q;;+1/p-1. The van der Waals surface area contributed by atoms with Crippen molar-refractivity contribution in [3.63, 3.8) is 0 Å². The molecule has 7 heavy (non-hydrogen) atoms. The fourth-order valence-electron chi connectivity index (χ4n) is 0. The first-order valence-electron chi connectivity index (χ1n) is 0.848. The molecular formula is CH3ClNNaO3. The predicted molar refractivity (Wildman–Crippen MR) is 17.9 cm³/mol. The maximum atomic E-state index is 8.91. The number of nitrogens with two attached hydrogens (primary N) is 1. The summed E-state index contributed by atoms with van der Waals surface area (Å²) in [5.41, 5.74) is 0. The SMILES string of the molecule is Cl.NOC(=O)[O-].[Na+]. The van der Waals surface area contributed by atoms with E-state index in [1.54, 1.807) is 0 Å². The Hall–Kier alpha value is 0.520. The molecular weight excluding hydrogens is 132 g/mol. The Morgan fingerprint density at radius 1 is 1.71 bits per heavy atom. The third-order valence-electron chi connectivity index (χ3n) is 0.0962. The number of hydrogen-bond donors (Lipinski definition) is 1. The Labute approximate surface area is 68.7 Å². The van der Waals surface area contributed by atoms with E-state index in [4.69, 9.17) is 9.90 Å². The molecule has 0 saturated heterocycles. The van der Waals surface area contributed by atoms with E-state index in [1.807, 2.05) is 0 Å². The van der Waals surface area contributed by atoms with Crippen molar-refractivity contribution in [2.45, 2.75) is 0 Å². The zero-order valence-electron chi connectivity index (χ0n) is 3.71. The zero-order valence-corrected chi connectivity index (χ0v) is 6.53. The molecule has 2 N–H and O–H groups in total. The molecule has 0 aliphatic heterocycles. The molecule has 0 saturated carbocycles. The first kappa shape index (κ1) is 15.6. The van der Waals surface area contributed by atoms with Crippen molar-refractivity contribution in [1.29, 1.82) is 0 Å². The minimum atomic E-state index is -1.72. The normalized spacial score (nSPS) is 4.71. The fraction of sp³-hybridized carbons (Fsp3) is 0. The van der Waals surface area contributed by atoms with Crippen molar-refractivity contribution in [1.82, 2.24) is 0 Å². The largest absolute Gasteiger partial charge is 1.00 e. The molecule has 0 bridgehead atoms. The smallest absolute Gasteiger partial charge is 0.472 e. The third-order valence-corrected chi connectivity index (χ3v) is 0.0962. The molecule has 0 aromatic rings. The summed E-state index contributed by atoms with van der Waals surface area (Å²) < 4.78 is 0. The van der Waals surface area contributed by atoms with E-state index < -0.39 is 6.16 Å². The number of rotatable bonds is 0. The predicted octanol–water partition coefficient (Wildman–Crippen LogP) is -4.35. The van der Waals surface area contributed by atoms with Crippen molar-refractivity contribution in [3.8, 4) is 0 Å². The van der Waals surface area contributed by atoms with E-state index in [1.165, 1.54) is 0 Å². The van der Waals surface area contributed by atoms with Crippen LogP contribution < -0.4 is 40.6 Å². The van der Waals surface area contributed by atoms with E-state index in [9.17, 15) is 0 Å². The van der Waals surface area contributed by atoms with Crippen LogP contribution in [0, 0.1) is 0 Å². The van der Waals surface area contributed by atoms with Gasteiger partial charge in [-0.3, -0.25) is 0 Å². The van der Waals surface area contributed by atoms with Crippen LogP contribution in [0.2, 0.25) is 0 Å². The second-order valence-electron chi connectivity index (χ2n) is 0.368. The van der Waals surface area contributed by atoms with Crippen LogP contribution in [0.3, 0.4) is 0 Å². The molecule has 38 valence electrons. The number of carboxylic acid groups (broad SMARTS) is 1. The molecule has 0 atom stereocenters. The molecule has 0 radical (unpaired) electrons. The van der Waals surface area contributed by atoms with Crippen molar-refractivity contribution in [2.24, 2.45) is 5.90 Å². The first-order valence-corrected chi connectivity index (χ1v) is 0.848. The van der Waals surface area contributed by atoms with Gasteiger partial charge in [-0.15, -0.1) is 12.4 Å². The van der Waals surface area contributed by atoms with Crippen LogP contribution in [0.5, 0.6) is 0 Å². The van der Waals surface area contributed by atoms with Gasteiger partial charge >= 0.3 is 29.6 Å². The van der Waals surface area contributed by atoms with Gasteiger partial charge in [0, 0.05) is 0 Å². The summed E-state index contributed by atoms with van der Waals surface area (Å²) in [5.74, 6) is 4.01. The summed E-state index contributed by atoms with van der Waals surface area (Å²) in [6.07, 6.45) is -1.72. The summed E-state index contributed by atoms with van der Waals surface area (Å²) in [4.78, 5) is 12.0. The maximum Gasteiger partial charge on any atom is 1.00 e. The summed E-state index contributed by atoms with van der Waals surface area (Å²) in [6.45, 7) is 0. The van der Waals surface area contributed by atoms with Crippen LogP contribution in [0.15, 0.2) is 0 Å². The molecule has 0 aromatic heterocycles. The molecule has 0 fully saturated rings. The van der Waals surface area contributed by atoms with Gasteiger partial charge in [-0.1, -0.05) is 0 Å². The molecule has 0 aliphatic rings. The molecule has 0 aliphatic carbocycles. The van der Waals surface area contributed by atoms with Gasteiger partial charge < -0.3 is 14.7 Å². The first-order chi connectivity index (χ1) is 2.27. The Kier molecular flexibility index (Phi) is 21.7. The Morgan fingerprint density at radius 3 is 1.86 bits per heavy atom. The summed E-state index contributed by atoms with van der Waals surface area (Å²) in [7, 11) is 0. The average molecular weight is 135 g/mol. The quantitative estimate of drug-likeness (QED) is 0.269. The van der Waals surface area contributed by atoms with E-state index in [-0.39, 0.29) is 42.0 Å². The van der Waals surface area contributed by atoms with Crippen LogP contribution in [0.25, 0.3) is 0 Å². The molecule has 0 unspecified atom stereocenters. The number of carbonyl (C=O) groups excluding carboxylic acids is 1. The van der Waals surface area contributed by atoms with Gasteiger partial charge in [0.25, 0.3) is 6.16 Å². The van der Waals surface area contributed by atoms with Crippen LogP contribution >= 0.6 is 12.4 Å². The molecule has 0 rings (SSSR count). The van der Waals surface area contributed by atoms with Gasteiger partial charge in [-0.05, 0) is 0 Å². The van der Waals surface area contributed by atoms with Gasteiger partial charge in [-0.2, -0.15) is 0 Å². The van der Waals surface area contributed by atoms with Gasteiger partial charge in [0.15, 0.2) is 0 Å². The third kappa shape index (κ3) is 21.0. The molecule has 0 heterocycles. The van der Waals surface area contributed by atoms with E-state index in [2.05, 4.69) is 10.7 Å². The van der Waals surface area contributed by atoms with Gasteiger partial charge in [-0.25, -0.2) is 5.90 Å². The van der Waals surface area contributed by atoms with Crippen molar-refractivity contribution < 1.29 is 44.3 Å². The molecule has 0 aromatic carbocycles. The van der Waals surface area contributed by atoms with Gasteiger partial charge in [0.1, 0.15) is 0 Å². The Bertz CT molecular complexity index is 50.2. The molecule has 4 nitrogen and oxygen atoms in total. The van der Waals surface area contributed by atoms with Gasteiger partial charge in [0.2, 0.25) is 0 Å². The minimum Gasteiger partial charge on any atom is -0.472 e. The van der Waals surface area contributed by atoms with E-state index >= 15 is 0 Å². The number of halogens is 1. The summed E-state index contributed by atoms with van der Waals surface area (Å²) in [6, 6.07) is 0. The Balaban J connectivity index is -0.0000000800. The van der Waals surface area contributed by atoms with Crippen molar-refractivity contribution >= 4 is 18.6 Å². The topological polar surface area (TPSA) is 75.4 Å². The van der Waals surface area contributed by atoms with E-state index in [0.29, 0.717) is 0 Å². The Morgan fingerprint density at radius 2 is 1.86 bits per heavy atom. The molecule has 6 heteroatoms. The van der Waals surface area contributed by atoms with Crippen LogP contribution in [-0.4, -0.2) is 6.16 Å². The van der Waals surface area contributed by atoms with E-state index in [0.717, 1.165) is 0 Å². The number of carbonyl (C=O) groups is 1. The monoisotopic (exact) mass is 135 g/mol. The summed E-state index contributed by atoms with van der Waals surface area (Å²) >= 11 is 0. The van der Waals surface area contributed by atoms with Crippen LogP contribution in [-0.2, 0) is 4.84 Å². The van der Waals surface area contributed by atoms with Gasteiger partial charge in [0.05, 0.1) is 0 Å². The van der Waals surface area contributed by atoms with Crippen LogP contribution in [0.4, 0.5) is 4.79 Å². The maximum absolute atomic E-state index is 8.91. The fourth-order valence-corrected chi connectivity index (χ4v) is 0. The molecule has 0 spiro atoms. The summed E-state index contributed by atoms with van der Waals surface area (Å²) in [5, 5.41) is 8.91. The molecule has 0 amide bonds. The number of hydrogen-bond acceptors (Lipinski definition) is 4. The minimum absolute atomic E-state index is 0. The zero-order chi connectivity index (χ0) is 4.28. The average Bonchev–Trinajstić information content (AvgIpc) is 1.38. The van der Waals surface area contributed by atoms with Crippen LogP contribution in [0.1, 0.15) is 0 Å². The van der Waals surface area contributed by atoms with Crippen molar-refractivity contribution in [2.75, 3.05) is 0 Å². The second-order valence-corrected chi connectivity index (χ2v) is 0.368. The second kappa shape index (κ2) is 9.72.